The van der Waals surface area contributed by atoms with Gasteiger partial charge in [0.05, 0.1) is 5.56 Å². The summed E-state index contributed by atoms with van der Waals surface area (Å²) in [5.74, 6) is -1.11. The molecule has 1 aromatic rings. The van der Waals surface area contributed by atoms with Gasteiger partial charge in [0.25, 0.3) is 5.91 Å². The Labute approximate surface area is 76.4 Å². The van der Waals surface area contributed by atoms with Gasteiger partial charge in [-0.05, 0) is 13.0 Å². The first-order valence-corrected chi connectivity index (χ1v) is 4.21. The number of hydrogen-bond acceptors (Lipinski definition) is 2. The van der Waals surface area contributed by atoms with Crippen molar-refractivity contribution in [3.05, 3.63) is 21.9 Å². The molecular formula is C7H6F3NOS. The number of aryl methyl sites for hydroxylation is 1. The highest BCUT2D eigenvalue weighted by molar-refractivity contribution is 7.10. The molecule has 0 saturated carbocycles. The van der Waals surface area contributed by atoms with E-state index in [0.29, 0.717) is 0 Å². The first-order chi connectivity index (χ1) is 5.88. The summed E-state index contributed by atoms with van der Waals surface area (Å²) in [5, 5.41) is 2.30. The first kappa shape index (κ1) is 10.0. The van der Waals surface area contributed by atoms with Crippen LogP contribution in [0.4, 0.5) is 13.2 Å². The molecule has 1 heterocycles. The molecule has 0 bridgehead atoms. The lowest BCUT2D eigenvalue weighted by Gasteiger charge is -2.06. The Bertz CT molecular complexity index is 318. The van der Waals surface area contributed by atoms with Crippen molar-refractivity contribution in [3.63, 3.8) is 0 Å². The van der Waals surface area contributed by atoms with Crippen molar-refractivity contribution in [2.24, 2.45) is 0 Å². The standard InChI is InChI=1S/C7H6F3NOS/c1-4-2-5(3-13-4)6(12)11-7(8,9)10/h2-3H,1H3,(H,11,12). The van der Waals surface area contributed by atoms with Crippen LogP contribution in [0.25, 0.3) is 0 Å². The van der Waals surface area contributed by atoms with Gasteiger partial charge in [0.1, 0.15) is 0 Å². The van der Waals surface area contributed by atoms with Crippen LogP contribution >= 0.6 is 11.3 Å². The fraction of sp³-hybridized carbons (Fsp3) is 0.286. The number of nitrogens with one attached hydrogen (secondary N) is 1. The molecule has 0 radical (unpaired) electrons. The number of rotatable bonds is 1. The number of carbonyl (C=O) groups excluding carboxylic acids is 1. The monoisotopic (exact) mass is 209 g/mol. The van der Waals surface area contributed by atoms with Crippen molar-refractivity contribution < 1.29 is 18.0 Å². The van der Waals surface area contributed by atoms with E-state index in [1.54, 1.807) is 6.92 Å². The van der Waals surface area contributed by atoms with Gasteiger partial charge in [-0.1, -0.05) is 0 Å². The predicted octanol–water partition coefficient (Wildman–Crippen LogP) is 2.31. The number of thiophene rings is 1. The lowest BCUT2D eigenvalue weighted by Crippen LogP contribution is -2.36. The third-order valence-electron chi connectivity index (χ3n) is 1.25. The van der Waals surface area contributed by atoms with Gasteiger partial charge in [-0.15, -0.1) is 11.3 Å². The summed E-state index contributed by atoms with van der Waals surface area (Å²) in [7, 11) is 0. The van der Waals surface area contributed by atoms with Gasteiger partial charge < -0.3 is 0 Å². The second kappa shape index (κ2) is 3.37. The highest BCUT2D eigenvalue weighted by Gasteiger charge is 2.30. The number of halogens is 3. The van der Waals surface area contributed by atoms with Crippen LogP contribution < -0.4 is 5.32 Å². The average molecular weight is 209 g/mol. The third-order valence-corrected chi connectivity index (χ3v) is 2.11. The molecule has 1 rings (SSSR count). The molecular weight excluding hydrogens is 203 g/mol. The van der Waals surface area contributed by atoms with E-state index in [0.717, 1.165) is 10.2 Å². The minimum absolute atomic E-state index is 0.0415. The van der Waals surface area contributed by atoms with Crippen molar-refractivity contribution in [2.75, 3.05) is 0 Å². The zero-order chi connectivity index (χ0) is 10.1. The summed E-state index contributed by atoms with van der Waals surface area (Å²) in [5.41, 5.74) is 0.0415. The molecule has 0 saturated heterocycles. The van der Waals surface area contributed by atoms with E-state index in [2.05, 4.69) is 0 Å². The zero-order valence-electron chi connectivity index (χ0n) is 6.61. The maximum atomic E-state index is 11.7. The Morgan fingerprint density at radius 1 is 1.54 bits per heavy atom. The summed E-state index contributed by atoms with van der Waals surface area (Å²) in [6.07, 6.45) is -4.66. The Balaban J connectivity index is 2.70. The van der Waals surface area contributed by atoms with E-state index in [9.17, 15) is 18.0 Å². The molecule has 0 unspecified atom stereocenters. The van der Waals surface area contributed by atoms with Gasteiger partial charge >= 0.3 is 6.30 Å². The van der Waals surface area contributed by atoms with Crippen molar-refractivity contribution >= 4 is 17.2 Å². The molecule has 1 aromatic heterocycles. The lowest BCUT2D eigenvalue weighted by atomic mass is 10.3. The van der Waals surface area contributed by atoms with Crippen molar-refractivity contribution in [1.29, 1.82) is 0 Å². The first-order valence-electron chi connectivity index (χ1n) is 3.33. The van der Waals surface area contributed by atoms with Gasteiger partial charge in [-0.2, -0.15) is 13.2 Å². The van der Waals surface area contributed by atoms with Crippen LogP contribution in [0.2, 0.25) is 0 Å². The number of alkyl halides is 3. The second-order valence-electron chi connectivity index (χ2n) is 2.40. The van der Waals surface area contributed by atoms with E-state index in [1.165, 1.54) is 22.8 Å². The quantitative estimate of drug-likeness (QED) is 0.706. The van der Waals surface area contributed by atoms with Gasteiger partial charge in [0.2, 0.25) is 0 Å². The number of carbonyl (C=O) groups is 1. The van der Waals surface area contributed by atoms with Gasteiger partial charge in [-0.3, -0.25) is 10.1 Å². The van der Waals surface area contributed by atoms with Crippen molar-refractivity contribution in [1.82, 2.24) is 5.32 Å². The summed E-state index contributed by atoms with van der Waals surface area (Å²) >= 11 is 1.23. The molecule has 1 N–H and O–H groups in total. The minimum Gasteiger partial charge on any atom is -0.269 e. The third kappa shape index (κ3) is 3.06. The molecule has 6 heteroatoms. The predicted molar refractivity (Wildman–Crippen MR) is 42.6 cm³/mol. The molecule has 0 aliphatic carbocycles. The van der Waals surface area contributed by atoms with Crippen LogP contribution in [0.3, 0.4) is 0 Å². The summed E-state index contributed by atoms with van der Waals surface area (Å²) in [6, 6.07) is 1.41. The fourth-order valence-corrected chi connectivity index (χ4v) is 1.45. The van der Waals surface area contributed by atoms with Crippen LogP contribution in [-0.2, 0) is 0 Å². The molecule has 1 amide bonds. The summed E-state index contributed by atoms with van der Waals surface area (Å²) < 4.78 is 35.0. The van der Waals surface area contributed by atoms with Crippen LogP contribution in [0.5, 0.6) is 0 Å². The Morgan fingerprint density at radius 2 is 2.15 bits per heavy atom. The second-order valence-corrected chi connectivity index (χ2v) is 3.51. The molecule has 2 nitrogen and oxygen atoms in total. The molecule has 0 fully saturated rings. The normalized spacial score (nSPS) is 11.4. The molecule has 72 valence electrons. The topological polar surface area (TPSA) is 29.1 Å². The Morgan fingerprint density at radius 3 is 2.54 bits per heavy atom. The molecule has 0 atom stereocenters. The Hall–Kier alpha value is -1.04. The molecule has 0 aromatic carbocycles. The van der Waals surface area contributed by atoms with Crippen LogP contribution in [-0.4, -0.2) is 12.2 Å². The number of amides is 1. The number of hydrogen-bond donors (Lipinski definition) is 1. The molecule has 0 spiro atoms. The van der Waals surface area contributed by atoms with E-state index in [4.69, 9.17) is 0 Å². The van der Waals surface area contributed by atoms with Crippen LogP contribution in [0.15, 0.2) is 11.4 Å². The largest absolute Gasteiger partial charge is 0.484 e. The van der Waals surface area contributed by atoms with E-state index in [1.807, 2.05) is 0 Å². The minimum atomic E-state index is -4.66. The molecule has 13 heavy (non-hydrogen) atoms. The SMILES string of the molecule is Cc1cc(C(=O)NC(F)(F)F)cs1. The van der Waals surface area contributed by atoms with Crippen LogP contribution in [0.1, 0.15) is 15.2 Å². The summed E-state index contributed by atoms with van der Waals surface area (Å²) in [6.45, 7) is 1.72. The fourth-order valence-electron chi connectivity index (χ4n) is 0.763. The zero-order valence-corrected chi connectivity index (χ0v) is 7.42. The summed E-state index contributed by atoms with van der Waals surface area (Å²) in [4.78, 5) is 11.6. The molecule has 0 aliphatic heterocycles. The van der Waals surface area contributed by atoms with Crippen LogP contribution in [0, 0.1) is 6.92 Å². The Kier molecular flexibility index (Phi) is 2.60. The highest BCUT2D eigenvalue weighted by Crippen LogP contribution is 2.15. The lowest BCUT2D eigenvalue weighted by molar-refractivity contribution is -0.146. The smallest absolute Gasteiger partial charge is 0.269 e. The van der Waals surface area contributed by atoms with Gasteiger partial charge in [0.15, 0.2) is 0 Å². The van der Waals surface area contributed by atoms with E-state index in [-0.39, 0.29) is 5.56 Å². The van der Waals surface area contributed by atoms with Gasteiger partial charge in [-0.25, -0.2) is 0 Å². The van der Waals surface area contributed by atoms with Crippen molar-refractivity contribution in [2.45, 2.75) is 13.2 Å². The van der Waals surface area contributed by atoms with E-state index < -0.39 is 12.2 Å². The maximum absolute atomic E-state index is 11.7. The van der Waals surface area contributed by atoms with Gasteiger partial charge in [0, 0.05) is 10.3 Å². The maximum Gasteiger partial charge on any atom is 0.484 e. The van der Waals surface area contributed by atoms with Crippen molar-refractivity contribution in [3.8, 4) is 0 Å². The molecule has 0 aliphatic rings. The average Bonchev–Trinajstić information content (AvgIpc) is 2.31. The van der Waals surface area contributed by atoms with E-state index >= 15 is 0 Å². The highest BCUT2D eigenvalue weighted by atomic mass is 32.1.